The fourth-order valence-electron chi connectivity index (χ4n) is 2.74. The highest BCUT2D eigenvalue weighted by Crippen LogP contribution is 2.26. The highest BCUT2D eigenvalue weighted by Gasteiger charge is 2.23. The molecule has 0 aliphatic carbocycles. The first kappa shape index (κ1) is 15.2. The largest absolute Gasteiger partial charge is 0.481 e. The van der Waals surface area contributed by atoms with E-state index in [9.17, 15) is 5.11 Å². The third kappa shape index (κ3) is 3.21. The van der Waals surface area contributed by atoms with Crippen molar-refractivity contribution in [1.82, 2.24) is 14.9 Å². The highest BCUT2D eigenvalue weighted by atomic mass is 35.5. The Morgan fingerprint density at radius 3 is 2.82 bits per heavy atom. The van der Waals surface area contributed by atoms with E-state index in [0.29, 0.717) is 24.0 Å². The Kier molecular flexibility index (Phi) is 4.57. The number of nitrogens with zero attached hydrogens (tertiary/aromatic N) is 3. The molecule has 2 aromatic rings. The number of benzene rings is 1. The first-order valence-electron chi connectivity index (χ1n) is 7.20. The van der Waals surface area contributed by atoms with Crippen molar-refractivity contribution in [3.63, 3.8) is 0 Å². The second-order valence-corrected chi connectivity index (χ2v) is 5.80. The molecular formula is C16H18ClN3O2. The standard InChI is InChI=1S/C16H18ClN3O2/c1-22-16-13-8-20(7-6-14(13)18-10-19-16)9-15(21)11-2-4-12(17)5-3-11/h2-5,10,15,21H,6-9H2,1H3/t15-/m0/s1. The zero-order valence-corrected chi connectivity index (χ0v) is 13.1. The normalized spacial score (nSPS) is 16.1. The molecule has 6 heteroatoms. The van der Waals surface area contributed by atoms with Crippen LogP contribution in [0.2, 0.25) is 5.02 Å². The zero-order valence-electron chi connectivity index (χ0n) is 12.4. The monoisotopic (exact) mass is 319 g/mol. The summed E-state index contributed by atoms with van der Waals surface area (Å²) in [4.78, 5) is 10.7. The number of aliphatic hydroxyl groups is 1. The molecule has 1 aliphatic heterocycles. The Morgan fingerprint density at radius 1 is 1.32 bits per heavy atom. The van der Waals surface area contributed by atoms with E-state index in [0.717, 1.165) is 29.8 Å². The van der Waals surface area contributed by atoms with Crippen molar-refractivity contribution in [1.29, 1.82) is 0 Å². The second-order valence-electron chi connectivity index (χ2n) is 5.36. The Labute approximate surface area is 134 Å². The van der Waals surface area contributed by atoms with E-state index in [1.54, 1.807) is 19.2 Å². The number of hydrogen-bond donors (Lipinski definition) is 1. The molecule has 0 fully saturated rings. The number of aliphatic hydroxyl groups excluding tert-OH is 1. The molecule has 3 rings (SSSR count). The second kappa shape index (κ2) is 6.60. The minimum absolute atomic E-state index is 0.547. The van der Waals surface area contributed by atoms with Crippen LogP contribution in [0.3, 0.4) is 0 Å². The van der Waals surface area contributed by atoms with E-state index >= 15 is 0 Å². The van der Waals surface area contributed by atoms with Crippen LogP contribution in [0, 0.1) is 0 Å². The van der Waals surface area contributed by atoms with E-state index in [2.05, 4.69) is 14.9 Å². The maximum atomic E-state index is 10.4. The molecule has 2 heterocycles. The molecule has 0 saturated carbocycles. The van der Waals surface area contributed by atoms with Crippen LogP contribution in [-0.2, 0) is 13.0 Å². The molecule has 1 N–H and O–H groups in total. The van der Waals surface area contributed by atoms with Crippen LogP contribution in [0.4, 0.5) is 0 Å². The lowest BCUT2D eigenvalue weighted by atomic mass is 10.0. The maximum absolute atomic E-state index is 10.4. The van der Waals surface area contributed by atoms with Crippen molar-refractivity contribution in [3.8, 4) is 5.88 Å². The van der Waals surface area contributed by atoms with Crippen LogP contribution in [0.5, 0.6) is 5.88 Å². The van der Waals surface area contributed by atoms with E-state index in [-0.39, 0.29) is 0 Å². The maximum Gasteiger partial charge on any atom is 0.220 e. The predicted octanol–water partition coefficient (Wildman–Crippen LogP) is 2.23. The van der Waals surface area contributed by atoms with Crippen molar-refractivity contribution in [3.05, 3.63) is 52.4 Å². The van der Waals surface area contributed by atoms with Gasteiger partial charge in [0.2, 0.25) is 5.88 Å². The molecule has 5 nitrogen and oxygen atoms in total. The molecule has 0 spiro atoms. The van der Waals surface area contributed by atoms with Crippen molar-refractivity contribution in [2.24, 2.45) is 0 Å². The van der Waals surface area contributed by atoms with Gasteiger partial charge in [0.1, 0.15) is 6.33 Å². The van der Waals surface area contributed by atoms with Gasteiger partial charge in [-0.1, -0.05) is 23.7 Å². The third-order valence-corrected chi connectivity index (χ3v) is 4.17. The number of hydrogen-bond acceptors (Lipinski definition) is 5. The molecule has 1 atom stereocenters. The lowest BCUT2D eigenvalue weighted by Crippen LogP contribution is -2.34. The number of aromatic nitrogens is 2. The predicted molar refractivity (Wildman–Crippen MR) is 84.0 cm³/mol. The summed E-state index contributed by atoms with van der Waals surface area (Å²) in [7, 11) is 1.62. The number of ether oxygens (including phenoxy) is 1. The molecule has 1 aromatic heterocycles. The van der Waals surface area contributed by atoms with Crippen molar-refractivity contribution in [2.75, 3.05) is 20.2 Å². The fraction of sp³-hybridized carbons (Fsp3) is 0.375. The third-order valence-electron chi connectivity index (χ3n) is 3.92. The van der Waals surface area contributed by atoms with Gasteiger partial charge in [-0.25, -0.2) is 9.97 Å². The number of halogens is 1. The van der Waals surface area contributed by atoms with Crippen molar-refractivity contribution in [2.45, 2.75) is 19.1 Å². The van der Waals surface area contributed by atoms with Gasteiger partial charge in [-0.3, -0.25) is 4.90 Å². The zero-order chi connectivity index (χ0) is 15.5. The summed E-state index contributed by atoms with van der Waals surface area (Å²) in [5, 5.41) is 11.1. The number of β-amino-alcohol motifs (C(OH)–C–C–N with tert-alkyl or cyclic N) is 1. The summed E-state index contributed by atoms with van der Waals surface area (Å²) in [5.41, 5.74) is 2.91. The van der Waals surface area contributed by atoms with Gasteiger partial charge in [-0.15, -0.1) is 0 Å². The lowest BCUT2D eigenvalue weighted by molar-refractivity contribution is 0.104. The minimum Gasteiger partial charge on any atom is -0.481 e. The summed E-state index contributed by atoms with van der Waals surface area (Å²) >= 11 is 5.88. The molecule has 1 aliphatic rings. The molecule has 0 saturated heterocycles. The fourth-order valence-corrected chi connectivity index (χ4v) is 2.86. The van der Waals surface area contributed by atoms with Gasteiger partial charge in [0.05, 0.1) is 18.9 Å². The number of fused-ring (bicyclic) bond motifs is 1. The topological polar surface area (TPSA) is 58.5 Å². The van der Waals surface area contributed by atoms with Gasteiger partial charge in [-0.2, -0.15) is 0 Å². The van der Waals surface area contributed by atoms with Crippen LogP contribution in [0.15, 0.2) is 30.6 Å². The number of rotatable bonds is 4. The first-order chi connectivity index (χ1) is 10.7. The van der Waals surface area contributed by atoms with E-state index in [1.807, 2.05) is 12.1 Å². The van der Waals surface area contributed by atoms with Gasteiger partial charge in [0.15, 0.2) is 0 Å². The van der Waals surface area contributed by atoms with Gasteiger partial charge in [-0.05, 0) is 17.7 Å². The van der Waals surface area contributed by atoms with Crippen LogP contribution in [0.1, 0.15) is 22.9 Å². The van der Waals surface area contributed by atoms with E-state index in [1.165, 1.54) is 6.33 Å². The molecule has 0 radical (unpaired) electrons. The molecule has 0 bridgehead atoms. The minimum atomic E-state index is -0.547. The molecule has 1 aromatic carbocycles. The van der Waals surface area contributed by atoms with Crippen LogP contribution in [0.25, 0.3) is 0 Å². The molecular weight excluding hydrogens is 302 g/mol. The SMILES string of the molecule is COc1ncnc2c1CN(C[C@H](O)c1ccc(Cl)cc1)CC2. The Hall–Kier alpha value is -1.69. The summed E-state index contributed by atoms with van der Waals surface area (Å²) in [6.07, 6.45) is 1.83. The highest BCUT2D eigenvalue weighted by molar-refractivity contribution is 6.30. The smallest absolute Gasteiger partial charge is 0.220 e. The Morgan fingerprint density at radius 2 is 2.09 bits per heavy atom. The Balaban J connectivity index is 1.71. The van der Waals surface area contributed by atoms with Crippen LogP contribution >= 0.6 is 11.6 Å². The molecule has 22 heavy (non-hydrogen) atoms. The van der Waals surface area contributed by atoms with Crippen molar-refractivity contribution < 1.29 is 9.84 Å². The summed E-state index contributed by atoms with van der Waals surface area (Å²) < 4.78 is 5.31. The van der Waals surface area contributed by atoms with Gasteiger partial charge in [0, 0.05) is 36.6 Å². The van der Waals surface area contributed by atoms with Crippen LogP contribution in [-0.4, -0.2) is 40.2 Å². The quantitative estimate of drug-likeness (QED) is 0.936. The first-order valence-corrected chi connectivity index (χ1v) is 7.58. The molecule has 0 unspecified atom stereocenters. The summed E-state index contributed by atoms with van der Waals surface area (Å²) in [5.74, 6) is 0.621. The van der Waals surface area contributed by atoms with Crippen molar-refractivity contribution >= 4 is 11.6 Å². The summed E-state index contributed by atoms with van der Waals surface area (Å²) in [6.45, 7) is 2.10. The van der Waals surface area contributed by atoms with Gasteiger partial charge < -0.3 is 9.84 Å². The van der Waals surface area contributed by atoms with E-state index in [4.69, 9.17) is 16.3 Å². The molecule has 116 valence electrons. The summed E-state index contributed by atoms with van der Waals surface area (Å²) in [6, 6.07) is 7.30. The number of methoxy groups -OCH3 is 1. The van der Waals surface area contributed by atoms with Crippen LogP contribution < -0.4 is 4.74 Å². The Bertz CT molecular complexity index is 634. The van der Waals surface area contributed by atoms with Gasteiger partial charge >= 0.3 is 0 Å². The van der Waals surface area contributed by atoms with Gasteiger partial charge in [0.25, 0.3) is 0 Å². The van der Waals surface area contributed by atoms with E-state index < -0.39 is 6.10 Å². The average molecular weight is 320 g/mol. The average Bonchev–Trinajstić information content (AvgIpc) is 2.54. The molecule has 0 amide bonds. The lowest BCUT2D eigenvalue weighted by Gasteiger charge is -2.30.